The van der Waals surface area contributed by atoms with E-state index < -0.39 is 7.12 Å². The minimum atomic E-state index is -1.54. The number of esters is 2. The number of nitrogens with zero attached hydrogens (tertiary/aromatic N) is 4. The van der Waals surface area contributed by atoms with Crippen molar-refractivity contribution in [1.82, 2.24) is 20.4 Å². The monoisotopic (exact) mass is 731 g/mol. The van der Waals surface area contributed by atoms with Crippen LogP contribution in [-0.4, -0.2) is 63.7 Å². The van der Waals surface area contributed by atoms with E-state index in [4.69, 9.17) is 23.6 Å². The molecule has 0 amide bonds. The molecule has 50 heavy (non-hydrogen) atoms. The van der Waals surface area contributed by atoms with Gasteiger partial charge in [0.1, 0.15) is 29.1 Å². The van der Waals surface area contributed by atoms with Gasteiger partial charge in [-0.2, -0.15) is 20.4 Å². The molecule has 246 valence electrons. The summed E-state index contributed by atoms with van der Waals surface area (Å²) in [7, 11) is 1.17. The Morgan fingerprint density at radius 2 is 1.48 bits per heavy atom. The number of furan rings is 2. The third-order valence-corrected chi connectivity index (χ3v) is 8.03. The summed E-state index contributed by atoms with van der Waals surface area (Å²) in [6.45, 7) is 0. The third kappa shape index (κ3) is 7.33. The van der Waals surface area contributed by atoms with Gasteiger partial charge in [0.05, 0.1) is 54.8 Å². The first-order valence-electron chi connectivity index (χ1n) is 14.8. The van der Waals surface area contributed by atoms with Crippen LogP contribution in [0.2, 0.25) is 0 Å². The SMILES string of the molecule is COC(=O)c1ccc2nncc(-c3cc4ccccc4o3)c2c1.COC(=O)c1ccc2nncc(Br)c2c1.OB(O)c1cc2c(o1)C=[C+]C=C2. The summed E-state index contributed by atoms with van der Waals surface area (Å²) >= 11 is 3.35. The summed E-state index contributed by atoms with van der Waals surface area (Å²) in [6.07, 6.45) is 11.2. The van der Waals surface area contributed by atoms with E-state index in [1.54, 1.807) is 73.1 Å². The van der Waals surface area contributed by atoms with Crippen molar-refractivity contribution in [3.8, 4) is 11.3 Å². The lowest BCUT2D eigenvalue weighted by Crippen LogP contribution is -2.28. The number of hydrogen-bond donors (Lipinski definition) is 2. The standard InChI is InChI=1S/C18H12N2O3.C10H7BrN2O2.C8H6BO3/c1-22-18(21)12-6-7-15-13(8-12)14(10-19-20-15)17-9-11-4-2-3-5-16(11)23-17;1-15-10(14)6-2-3-9-7(4-6)8(11)5-12-13-9;10-9(11)8-5-6-3-1-2-4-7(6)12-8/h2-10H,1H3;2-5H,1H3;1,3-5,10-11H/q;;+1. The summed E-state index contributed by atoms with van der Waals surface area (Å²) < 4.78 is 21.2. The second-order valence-corrected chi connectivity index (χ2v) is 11.4. The predicted molar refractivity (Wildman–Crippen MR) is 190 cm³/mol. The molecule has 1 aliphatic rings. The first kappa shape index (κ1) is 33.8. The maximum atomic E-state index is 11.8. The van der Waals surface area contributed by atoms with Crippen LogP contribution in [0.25, 0.3) is 56.3 Å². The molecule has 0 aliphatic heterocycles. The quantitative estimate of drug-likeness (QED) is 0.127. The molecule has 12 nitrogen and oxygen atoms in total. The number of halogens is 1. The molecule has 0 spiro atoms. The molecule has 0 unspecified atom stereocenters. The molecule has 3 aromatic carbocycles. The maximum absolute atomic E-state index is 11.8. The average Bonchev–Trinajstić information content (AvgIpc) is 3.79. The van der Waals surface area contributed by atoms with E-state index in [1.165, 1.54) is 14.2 Å². The van der Waals surface area contributed by atoms with Gasteiger partial charge in [0.25, 0.3) is 0 Å². The van der Waals surface area contributed by atoms with Gasteiger partial charge in [0, 0.05) is 38.3 Å². The minimum Gasteiger partial charge on any atom is -0.465 e. The molecule has 4 heterocycles. The number of para-hydroxylation sites is 1. The molecule has 0 radical (unpaired) electrons. The Morgan fingerprint density at radius 3 is 2.14 bits per heavy atom. The normalized spacial score (nSPS) is 11.1. The molecule has 4 aromatic heterocycles. The van der Waals surface area contributed by atoms with E-state index in [-0.39, 0.29) is 17.6 Å². The average molecular weight is 732 g/mol. The smallest absolute Gasteiger partial charge is 0.465 e. The third-order valence-electron chi connectivity index (χ3n) is 7.40. The lowest BCUT2D eigenvalue weighted by molar-refractivity contribution is 0.0592. The van der Waals surface area contributed by atoms with Gasteiger partial charge in [-0.1, -0.05) is 18.2 Å². The van der Waals surface area contributed by atoms with Gasteiger partial charge in [-0.25, -0.2) is 9.59 Å². The molecule has 0 fully saturated rings. The van der Waals surface area contributed by atoms with E-state index in [2.05, 4.69) is 47.1 Å². The Bertz CT molecular complexity index is 2360. The number of carbonyl (C=O) groups excluding carboxylic acids is 2. The minimum absolute atomic E-state index is 0.157. The summed E-state index contributed by atoms with van der Waals surface area (Å²) in [6, 6.07) is 21.6. The van der Waals surface area contributed by atoms with Crippen LogP contribution >= 0.6 is 15.9 Å². The Kier molecular flexibility index (Phi) is 10.2. The highest BCUT2D eigenvalue weighted by Crippen LogP contribution is 2.32. The molecule has 2 N–H and O–H groups in total. The van der Waals surface area contributed by atoms with Gasteiger partial charge < -0.3 is 28.4 Å². The number of benzene rings is 3. The fourth-order valence-electron chi connectivity index (χ4n) is 4.96. The van der Waals surface area contributed by atoms with Crippen molar-refractivity contribution >= 4 is 85.6 Å². The lowest BCUT2D eigenvalue weighted by Gasteiger charge is -2.04. The van der Waals surface area contributed by atoms with Crippen LogP contribution in [0.5, 0.6) is 0 Å². The van der Waals surface area contributed by atoms with Crippen LogP contribution < -0.4 is 5.66 Å². The van der Waals surface area contributed by atoms with Gasteiger partial charge in [-0.3, -0.25) is 0 Å². The lowest BCUT2D eigenvalue weighted by atomic mass is 9.87. The van der Waals surface area contributed by atoms with E-state index in [0.29, 0.717) is 28.2 Å². The summed E-state index contributed by atoms with van der Waals surface area (Å²) in [5.41, 5.74) is 4.98. The van der Waals surface area contributed by atoms with E-state index in [9.17, 15) is 9.59 Å². The first-order chi connectivity index (χ1) is 24.2. The zero-order valence-corrected chi connectivity index (χ0v) is 28.0. The van der Waals surface area contributed by atoms with Gasteiger partial charge in [0.2, 0.25) is 5.76 Å². The fourth-order valence-corrected chi connectivity index (χ4v) is 5.36. The zero-order valence-electron chi connectivity index (χ0n) is 26.4. The van der Waals surface area contributed by atoms with Crippen LogP contribution in [0.4, 0.5) is 0 Å². The van der Waals surface area contributed by atoms with Gasteiger partial charge in [-0.15, -0.1) is 0 Å². The van der Waals surface area contributed by atoms with Gasteiger partial charge in [-0.05, 0) is 64.5 Å². The first-order valence-corrected chi connectivity index (χ1v) is 15.6. The second-order valence-electron chi connectivity index (χ2n) is 10.5. The molecule has 0 saturated carbocycles. The summed E-state index contributed by atoms with van der Waals surface area (Å²) in [5, 5.41) is 36.1. The predicted octanol–water partition coefficient (Wildman–Crippen LogP) is 5.81. The van der Waals surface area contributed by atoms with Crippen LogP contribution in [-0.2, 0) is 9.47 Å². The zero-order chi connectivity index (χ0) is 35.2. The number of aromatic nitrogens is 4. The van der Waals surface area contributed by atoms with Crippen molar-refractivity contribution in [2.24, 2.45) is 0 Å². The molecule has 0 saturated heterocycles. The van der Waals surface area contributed by atoms with Crippen LogP contribution in [0.1, 0.15) is 32.0 Å². The fraction of sp³-hybridized carbons (Fsp3) is 0.0556. The maximum Gasteiger partial charge on any atom is 0.528 e. The highest BCUT2D eigenvalue weighted by atomic mass is 79.9. The van der Waals surface area contributed by atoms with Crippen molar-refractivity contribution in [3.63, 3.8) is 0 Å². The highest BCUT2D eigenvalue weighted by Gasteiger charge is 2.23. The molecule has 14 heteroatoms. The Morgan fingerprint density at radius 1 is 0.820 bits per heavy atom. The number of rotatable bonds is 4. The number of hydrogen-bond acceptors (Lipinski definition) is 12. The number of methoxy groups -OCH3 is 2. The number of ether oxygens (including phenoxy) is 2. The number of allylic oxidation sites excluding steroid dienone is 2. The van der Waals surface area contributed by atoms with Gasteiger partial charge in [0.15, 0.2) is 5.66 Å². The molecule has 7 aromatic rings. The van der Waals surface area contributed by atoms with Crippen LogP contribution in [0.15, 0.2) is 105 Å². The van der Waals surface area contributed by atoms with Crippen LogP contribution in [0.3, 0.4) is 0 Å². The van der Waals surface area contributed by atoms with E-state index >= 15 is 0 Å². The van der Waals surface area contributed by atoms with E-state index in [1.807, 2.05) is 30.3 Å². The highest BCUT2D eigenvalue weighted by molar-refractivity contribution is 9.10. The molecule has 1 aliphatic carbocycles. The van der Waals surface area contributed by atoms with Gasteiger partial charge >= 0.3 is 19.1 Å². The van der Waals surface area contributed by atoms with Crippen molar-refractivity contribution in [3.05, 3.63) is 124 Å². The molecular formula is C36H25BBrN4O8+. The Hall–Kier alpha value is -6.05. The van der Waals surface area contributed by atoms with Crippen molar-refractivity contribution < 1.29 is 37.9 Å². The number of fused-ring (bicyclic) bond motifs is 4. The molecule has 8 rings (SSSR count). The Balaban J connectivity index is 0.000000138. The molecule has 0 atom stereocenters. The Labute approximate surface area is 292 Å². The topological polar surface area (TPSA) is 171 Å². The number of carbonyl (C=O) groups is 2. The largest absolute Gasteiger partial charge is 0.528 e. The summed E-state index contributed by atoms with van der Waals surface area (Å²) in [4.78, 5) is 23.1. The van der Waals surface area contributed by atoms with Crippen molar-refractivity contribution in [2.45, 2.75) is 0 Å². The molecular weight excluding hydrogens is 707 g/mol. The van der Waals surface area contributed by atoms with Crippen molar-refractivity contribution in [1.29, 1.82) is 0 Å². The van der Waals surface area contributed by atoms with Crippen molar-refractivity contribution in [2.75, 3.05) is 14.2 Å². The van der Waals surface area contributed by atoms with Crippen LogP contribution in [0, 0.1) is 6.08 Å². The summed E-state index contributed by atoms with van der Waals surface area (Å²) in [5.74, 6) is 0.550. The van der Waals surface area contributed by atoms with E-state index in [0.717, 1.165) is 42.9 Å². The second kappa shape index (κ2) is 15.0. The molecule has 0 bridgehead atoms.